The number of fused-ring (bicyclic) bond motifs is 1. The van der Waals surface area contributed by atoms with E-state index in [1.54, 1.807) is 20.0 Å². The highest BCUT2D eigenvalue weighted by molar-refractivity contribution is 14.0. The Kier molecular flexibility index (Phi) is 7.16. The van der Waals surface area contributed by atoms with Crippen LogP contribution in [0.25, 0.3) is 10.9 Å². The predicted octanol–water partition coefficient (Wildman–Crippen LogP) is 3.88. The summed E-state index contributed by atoms with van der Waals surface area (Å²) >= 11 is 0. The minimum Gasteiger partial charge on any atom is -0.463 e. The van der Waals surface area contributed by atoms with Gasteiger partial charge < -0.3 is 25.1 Å². The third kappa shape index (κ3) is 4.88. The molecule has 0 radical (unpaired) electrons. The van der Waals surface area contributed by atoms with Gasteiger partial charge in [-0.3, -0.25) is 4.99 Å². The smallest absolute Gasteiger partial charge is 0.191 e. The highest BCUT2D eigenvalue weighted by Crippen LogP contribution is 2.23. The Morgan fingerprint density at radius 3 is 2.57 bits per heavy atom. The van der Waals surface area contributed by atoms with Gasteiger partial charge in [0.1, 0.15) is 17.1 Å². The van der Waals surface area contributed by atoms with Crippen LogP contribution in [0.4, 0.5) is 0 Å². The number of benzene rings is 1. The van der Waals surface area contributed by atoms with Gasteiger partial charge in [-0.15, -0.1) is 24.0 Å². The molecule has 7 heteroatoms. The SMILES string of the molecule is CN=C(NCc1ccc2[nH]c(C)c(C)c2c1)NCC(C)(O)c1ccc(C)o1.I. The van der Waals surface area contributed by atoms with Crippen molar-refractivity contribution in [3.63, 3.8) is 0 Å². The number of aliphatic imine (C=N–C) groups is 1. The highest BCUT2D eigenvalue weighted by Gasteiger charge is 2.27. The average Bonchev–Trinajstić information content (AvgIpc) is 3.20. The summed E-state index contributed by atoms with van der Waals surface area (Å²) in [4.78, 5) is 7.63. The van der Waals surface area contributed by atoms with Crippen LogP contribution in [0, 0.1) is 20.8 Å². The minimum absolute atomic E-state index is 0. The van der Waals surface area contributed by atoms with Gasteiger partial charge >= 0.3 is 0 Å². The van der Waals surface area contributed by atoms with Gasteiger partial charge in [-0.05, 0) is 63.1 Å². The van der Waals surface area contributed by atoms with Crippen molar-refractivity contribution < 1.29 is 9.52 Å². The number of hydrogen-bond donors (Lipinski definition) is 4. The van der Waals surface area contributed by atoms with Crippen LogP contribution in [0.15, 0.2) is 39.7 Å². The van der Waals surface area contributed by atoms with Crippen LogP contribution in [0.3, 0.4) is 0 Å². The Morgan fingerprint density at radius 2 is 1.93 bits per heavy atom. The number of aromatic amines is 1. The van der Waals surface area contributed by atoms with E-state index in [9.17, 15) is 5.11 Å². The molecule has 0 aliphatic rings. The van der Waals surface area contributed by atoms with Gasteiger partial charge in [0.25, 0.3) is 0 Å². The number of aromatic nitrogens is 1. The van der Waals surface area contributed by atoms with E-state index in [0.717, 1.165) is 11.3 Å². The zero-order valence-electron chi connectivity index (χ0n) is 17.0. The average molecular weight is 496 g/mol. The number of hydrogen-bond acceptors (Lipinski definition) is 3. The Balaban J connectivity index is 0.00000280. The third-order valence-corrected chi connectivity index (χ3v) is 4.93. The lowest BCUT2D eigenvalue weighted by Crippen LogP contribution is -2.44. The number of halogens is 1. The fraction of sp³-hybridized carbons (Fsp3) is 0.381. The molecule has 0 bridgehead atoms. The first-order valence-corrected chi connectivity index (χ1v) is 9.12. The van der Waals surface area contributed by atoms with Crippen molar-refractivity contribution in [2.45, 2.75) is 39.8 Å². The zero-order chi connectivity index (χ0) is 19.6. The van der Waals surface area contributed by atoms with E-state index in [-0.39, 0.29) is 30.5 Å². The molecule has 0 saturated carbocycles. The van der Waals surface area contributed by atoms with E-state index in [2.05, 4.69) is 52.7 Å². The van der Waals surface area contributed by atoms with Gasteiger partial charge in [0.05, 0.1) is 6.54 Å². The van der Waals surface area contributed by atoms with Crippen LogP contribution < -0.4 is 10.6 Å². The predicted molar refractivity (Wildman–Crippen MR) is 124 cm³/mol. The first-order valence-electron chi connectivity index (χ1n) is 9.12. The molecule has 1 atom stereocenters. The van der Waals surface area contributed by atoms with Gasteiger partial charge in [-0.2, -0.15) is 0 Å². The summed E-state index contributed by atoms with van der Waals surface area (Å²) in [6, 6.07) is 10.0. The molecule has 0 aliphatic heterocycles. The Labute approximate surface area is 182 Å². The molecule has 2 aromatic heterocycles. The second-order valence-corrected chi connectivity index (χ2v) is 7.22. The molecule has 0 fully saturated rings. The number of rotatable bonds is 5. The molecule has 152 valence electrons. The summed E-state index contributed by atoms with van der Waals surface area (Å²) < 4.78 is 5.54. The van der Waals surface area contributed by atoms with Crippen LogP contribution in [0.1, 0.15) is 35.3 Å². The molecule has 0 spiro atoms. The van der Waals surface area contributed by atoms with Crippen molar-refractivity contribution in [1.82, 2.24) is 15.6 Å². The molecule has 0 aliphatic carbocycles. The number of nitrogens with zero attached hydrogens (tertiary/aromatic N) is 1. The lowest BCUT2D eigenvalue weighted by atomic mass is 10.0. The van der Waals surface area contributed by atoms with Crippen LogP contribution in [-0.4, -0.2) is 29.6 Å². The van der Waals surface area contributed by atoms with Gasteiger partial charge in [-0.1, -0.05) is 6.07 Å². The van der Waals surface area contributed by atoms with E-state index in [1.807, 2.05) is 13.0 Å². The second-order valence-electron chi connectivity index (χ2n) is 7.22. The number of nitrogens with one attached hydrogen (secondary N) is 3. The molecule has 1 aromatic carbocycles. The number of aryl methyl sites for hydroxylation is 3. The van der Waals surface area contributed by atoms with Gasteiger partial charge in [0.2, 0.25) is 0 Å². The Bertz CT molecular complexity index is 972. The molecule has 0 saturated heterocycles. The van der Waals surface area contributed by atoms with E-state index in [0.29, 0.717) is 18.3 Å². The lowest BCUT2D eigenvalue weighted by molar-refractivity contribution is 0.0378. The summed E-state index contributed by atoms with van der Waals surface area (Å²) in [6.45, 7) is 8.72. The maximum atomic E-state index is 10.6. The number of guanidine groups is 1. The second kappa shape index (κ2) is 9.00. The van der Waals surface area contributed by atoms with E-state index in [1.165, 1.54) is 22.2 Å². The normalized spacial score (nSPS) is 13.9. The number of H-pyrrole nitrogens is 1. The van der Waals surface area contributed by atoms with Gasteiger partial charge in [-0.25, -0.2) is 0 Å². The van der Waals surface area contributed by atoms with Gasteiger partial charge in [0.15, 0.2) is 5.96 Å². The first-order chi connectivity index (χ1) is 12.8. The monoisotopic (exact) mass is 496 g/mol. The maximum Gasteiger partial charge on any atom is 0.191 e. The third-order valence-electron chi connectivity index (χ3n) is 4.93. The fourth-order valence-corrected chi connectivity index (χ4v) is 3.09. The molecule has 6 nitrogen and oxygen atoms in total. The van der Waals surface area contributed by atoms with Crippen molar-refractivity contribution in [2.24, 2.45) is 4.99 Å². The molecule has 3 aromatic rings. The quantitative estimate of drug-likeness (QED) is 0.246. The number of furan rings is 1. The van der Waals surface area contributed by atoms with E-state index in [4.69, 9.17) is 4.42 Å². The van der Waals surface area contributed by atoms with Crippen LogP contribution in [-0.2, 0) is 12.1 Å². The standard InChI is InChI=1S/C21H28N4O2.HI/c1-13-6-9-19(27-13)21(4,26)12-24-20(22-5)23-11-16-7-8-18-17(10-16)14(2)15(3)25-18;/h6-10,25-26H,11-12H2,1-5H3,(H2,22,23,24);1H. The summed E-state index contributed by atoms with van der Waals surface area (Å²) in [7, 11) is 1.71. The summed E-state index contributed by atoms with van der Waals surface area (Å²) in [5, 5.41) is 18.3. The Morgan fingerprint density at radius 1 is 1.18 bits per heavy atom. The number of aliphatic hydroxyl groups is 1. The lowest BCUT2D eigenvalue weighted by Gasteiger charge is -2.23. The van der Waals surface area contributed by atoms with E-state index < -0.39 is 5.60 Å². The first kappa shape index (κ1) is 22.3. The molecule has 2 heterocycles. The van der Waals surface area contributed by atoms with Crippen LogP contribution >= 0.6 is 24.0 Å². The van der Waals surface area contributed by atoms with Crippen molar-refractivity contribution in [1.29, 1.82) is 0 Å². The molecule has 1 unspecified atom stereocenters. The van der Waals surface area contributed by atoms with Gasteiger partial charge in [0, 0.05) is 30.2 Å². The zero-order valence-corrected chi connectivity index (χ0v) is 19.3. The molecule has 3 rings (SSSR count). The van der Waals surface area contributed by atoms with Crippen LogP contribution in [0.2, 0.25) is 0 Å². The molecule has 28 heavy (non-hydrogen) atoms. The Hall–Kier alpha value is -2.00. The minimum atomic E-state index is -1.12. The molecular formula is C21H29IN4O2. The summed E-state index contributed by atoms with van der Waals surface area (Å²) in [5.41, 5.74) is 3.68. The topological polar surface area (TPSA) is 85.6 Å². The molecule has 0 amide bonds. The van der Waals surface area contributed by atoms with Crippen molar-refractivity contribution in [3.8, 4) is 0 Å². The van der Waals surface area contributed by atoms with Crippen molar-refractivity contribution in [2.75, 3.05) is 13.6 Å². The maximum absolute atomic E-state index is 10.6. The summed E-state index contributed by atoms with van der Waals surface area (Å²) in [5.74, 6) is 1.94. The highest BCUT2D eigenvalue weighted by atomic mass is 127. The van der Waals surface area contributed by atoms with Crippen molar-refractivity contribution >= 4 is 40.8 Å². The molecular weight excluding hydrogens is 467 g/mol. The van der Waals surface area contributed by atoms with Crippen molar-refractivity contribution in [3.05, 3.63) is 58.7 Å². The molecule has 4 N–H and O–H groups in total. The van der Waals surface area contributed by atoms with E-state index >= 15 is 0 Å². The van der Waals surface area contributed by atoms with Crippen LogP contribution in [0.5, 0.6) is 0 Å². The summed E-state index contributed by atoms with van der Waals surface area (Å²) in [6.07, 6.45) is 0. The fourth-order valence-electron chi connectivity index (χ4n) is 3.09. The largest absolute Gasteiger partial charge is 0.463 e.